The van der Waals surface area contributed by atoms with Gasteiger partial charge in [0.1, 0.15) is 6.07 Å². The Hall–Kier alpha value is -1.88. The Labute approximate surface area is 242 Å². The first-order chi connectivity index (χ1) is 18.7. The minimum Gasteiger partial charge on any atom is -0.456 e. The van der Waals surface area contributed by atoms with E-state index in [1.807, 2.05) is 19.9 Å². The number of aliphatic hydroxyl groups is 1. The lowest BCUT2D eigenvalue weighted by atomic mass is 9.31. The lowest BCUT2D eigenvalue weighted by Gasteiger charge is -2.73. The third kappa shape index (κ3) is 4.18. The SMILES string of the molecule is CC1(C)CC[C@]2(C(=O)OCC(F)(F)F)CC[C@]3(C)[C@H]([C@H](O)C[C@@H]4[C@@]5(C)C=C(C#N)C(=O)C(C)(C)[C@@H]5CC[C@]43C)[C@H]2C1. The van der Waals surface area contributed by atoms with E-state index < -0.39 is 41.1 Å². The van der Waals surface area contributed by atoms with Crippen LogP contribution in [0.25, 0.3) is 0 Å². The minimum atomic E-state index is -4.59. The number of carbonyl (C=O) groups excluding carboxylic acids is 2. The second-order valence-electron chi connectivity index (χ2n) is 16.2. The van der Waals surface area contributed by atoms with Crippen molar-refractivity contribution in [2.45, 2.75) is 112 Å². The van der Waals surface area contributed by atoms with E-state index in [-0.39, 0.29) is 51.3 Å². The number of nitrogens with zero attached hydrogens (tertiary/aromatic N) is 1. The Kier molecular flexibility index (Phi) is 6.76. The first-order valence-corrected chi connectivity index (χ1v) is 15.3. The van der Waals surface area contributed by atoms with Gasteiger partial charge >= 0.3 is 12.1 Å². The number of hydrogen-bond acceptors (Lipinski definition) is 5. The van der Waals surface area contributed by atoms with Gasteiger partial charge in [-0.05, 0) is 96.7 Å². The Morgan fingerprint density at radius 1 is 1.02 bits per heavy atom. The summed E-state index contributed by atoms with van der Waals surface area (Å²) < 4.78 is 44.3. The van der Waals surface area contributed by atoms with Crippen LogP contribution in [-0.2, 0) is 14.3 Å². The van der Waals surface area contributed by atoms with Crippen LogP contribution in [0.1, 0.15) is 99.8 Å². The van der Waals surface area contributed by atoms with Crippen LogP contribution in [0.5, 0.6) is 0 Å². The van der Waals surface area contributed by atoms with E-state index in [0.717, 1.165) is 12.8 Å². The Morgan fingerprint density at radius 2 is 1.66 bits per heavy atom. The number of nitriles is 1. The van der Waals surface area contributed by atoms with E-state index >= 15 is 0 Å². The van der Waals surface area contributed by atoms with Crippen molar-refractivity contribution in [2.24, 2.45) is 56.2 Å². The molecule has 0 aromatic rings. The molecule has 4 fully saturated rings. The lowest BCUT2D eigenvalue weighted by molar-refractivity contribution is -0.263. The zero-order valence-corrected chi connectivity index (χ0v) is 25.6. The maximum atomic E-state index is 13.6. The molecule has 5 aliphatic rings. The monoisotopic (exact) mass is 577 g/mol. The first-order valence-electron chi connectivity index (χ1n) is 15.3. The van der Waals surface area contributed by atoms with E-state index in [9.17, 15) is 33.1 Å². The quantitative estimate of drug-likeness (QED) is 0.351. The molecule has 0 saturated heterocycles. The fourth-order valence-electron chi connectivity index (χ4n) is 11.3. The van der Waals surface area contributed by atoms with Crippen LogP contribution < -0.4 is 0 Å². The zero-order chi connectivity index (χ0) is 30.6. The molecule has 0 bridgehead atoms. The average molecular weight is 578 g/mol. The number of Topliss-reactive ketones (excluding diaryl/α,β-unsaturated/α-hetero) is 1. The number of ether oxygens (including phenoxy) is 1. The van der Waals surface area contributed by atoms with Gasteiger partial charge in [-0.1, -0.05) is 54.5 Å². The third-order valence-corrected chi connectivity index (χ3v) is 13.5. The van der Waals surface area contributed by atoms with Gasteiger partial charge in [-0.15, -0.1) is 0 Å². The van der Waals surface area contributed by atoms with Gasteiger partial charge in [0.2, 0.25) is 0 Å². The molecular weight excluding hydrogens is 531 g/mol. The van der Waals surface area contributed by atoms with E-state index in [2.05, 4.69) is 40.7 Å². The third-order valence-electron chi connectivity index (χ3n) is 13.5. The summed E-state index contributed by atoms with van der Waals surface area (Å²) in [6.07, 6.45) is 1.55. The van der Waals surface area contributed by atoms with Crippen LogP contribution in [0.2, 0.25) is 0 Å². The van der Waals surface area contributed by atoms with Crippen molar-refractivity contribution in [1.82, 2.24) is 0 Å². The fraction of sp³-hybridized carbons (Fsp3) is 0.848. The molecule has 0 aromatic carbocycles. The van der Waals surface area contributed by atoms with E-state index in [4.69, 9.17) is 4.74 Å². The second kappa shape index (κ2) is 9.07. The Morgan fingerprint density at radius 3 is 2.27 bits per heavy atom. The molecule has 5 nitrogen and oxygen atoms in total. The van der Waals surface area contributed by atoms with Crippen LogP contribution >= 0.6 is 0 Å². The standard InChI is InChI=1S/C33H46F3NO4/c1-27(2)10-12-32(26(40)41-18-33(34,35)36)13-11-31(7)24(20(32)16-27)21(38)14-23-29(5)15-19(17-37)25(39)28(3,4)22(29)8-9-30(23,31)6/h15,20-24,38H,8-14,16,18H2,1-7H3/t20-,21-,22+,23-,24+,29+,30-,31-,32+/m1/s1. The van der Waals surface area contributed by atoms with Gasteiger partial charge in [-0.2, -0.15) is 18.4 Å². The predicted octanol–water partition coefficient (Wildman–Crippen LogP) is 7.18. The molecule has 0 aromatic heterocycles. The topological polar surface area (TPSA) is 87.4 Å². The molecule has 228 valence electrons. The second-order valence-corrected chi connectivity index (χ2v) is 16.2. The number of halogens is 3. The van der Waals surface area contributed by atoms with Gasteiger partial charge in [0.15, 0.2) is 12.4 Å². The van der Waals surface area contributed by atoms with Crippen molar-refractivity contribution in [3.8, 4) is 6.07 Å². The van der Waals surface area contributed by atoms with Gasteiger partial charge in [-0.3, -0.25) is 9.59 Å². The summed E-state index contributed by atoms with van der Waals surface area (Å²) in [5, 5.41) is 22.0. The first kappa shape index (κ1) is 30.6. The van der Waals surface area contributed by atoms with E-state index in [1.54, 1.807) is 0 Å². The number of aliphatic hydroxyl groups excluding tert-OH is 1. The maximum absolute atomic E-state index is 13.6. The molecule has 0 radical (unpaired) electrons. The minimum absolute atomic E-state index is 0.00186. The van der Waals surface area contributed by atoms with Crippen molar-refractivity contribution < 1.29 is 32.6 Å². The molecule has 0 spiro atoms. The number of carbonyl (C=O) groups is 2. The van der Waals surface area contributed by atoms with Crippen LogP contribution in [0.3, 0.4) is 0 Å². The summed E-state index contributed by atoms with van der Waals surface area (Å²) in [5.74, 6) is -1.41. The number of fused-ring (bicyclic) bond motifs is 7. The predicted molar refractivity (Wildman–Crippen MR) is 147 cm³/mol. The number of esters is 1. The van der Waals surface area contributed by atoms with Gasteiger partial charge in [0.25, 0.3) is 0 Å². The van der Waals surface area contributed by atoms with Gasteiger partial charge in [0.05, 0.1) is 17.1 Å². The molecule has 4 saturated carbocycles. The summed E-state index contributed by atoms with van der Waals surface area (Å²) in [6.45, 7) is 13.3. The molecule has 41 heavy (non-hydrogen) atoms. The highest BCUT2D eigenvalue weighted by Gasteiger charge is 2.73. The molecule has 9 atom stereocenters. The van der Waals surface area contributed by atoms with Crippen molar-refractivity contribution >= 4 is 11.8 Å². The van der Waals surface area contributed by atoms with E-state index in [1.165, 1.54) is 0 Å². The molecule has 1 N–H and O–H groups in total. The summed E-state index contributed by atoms with van der Waals surface area (Å²) in [5.41, 5.74) is -2.78. The van der Waals surface area contributed by atoms with E-state index in [0.29, 0.717) is 38.5 Å². The largest absolute Gasteiger partial charge is 0.456 e. The van der Waals surface area contributed by atoms with Crippen LogP contribution in [0, 0.1) is 67.5 Å². The number of hydrogen-bond donors (Lipinski definition) is 1. The van der Waals surface area contributed by atoms with Crippen molar-refractivity contribution in [2.75, 3.05) is 6.61 Å². The van der Waals surface area contributed by atoms with Crippen molar-refractivity contribution in [3.05, 3.63) is 11.6 Å². The summed E-state index contributed by atoms with van der Waals surface area (Å²) >= 11 is 0. The molecule has 5 rings (SSSR count). The van der Waals surface area contributed by atoms with Crippen LogP contribution in [0.15, 0.2) is 11.6 Å². The molecule has 0 amide bonds. The number of allylic oxidation sites excluding steroid dienone is 2. The zero-order valence-electron chi connectivity index (χ0n) is 25.6. The molecule has 0 aliphatic heterocycles. The Balaban J connectivity index is 1.59. The molecule has 5 aliphatic carbocycles. The fourth-order valence-corrected chi connectivity index (χ4v) is 11.3. The molecular formula is C33H46F3NO4. The summed E-state index contributed by atoms with van der Waals surface area (Å²) in [7, 11) is 0. The van der Waals surface area contributed by atoms with Gasteiger partial charge in [-0.25, -0.2) is 0 Å². The average Bonchev–Trinajstić information content (AvgIpc) is 2.85. The van der Waals surface area contributed by atoms with Crippen molar-refractivity contribution in [1.29, 1.82) is 5.26 Å². The highest BCUT2D eigenvalue weighted by Crippen LogP contribution is 2.76. The van der Waals surface area contributed by atoms with Gasteiger partial charge in [0, 0.05) is 5.41 Å². The summed E-state index contributed by atoms with van der Waals surface area (Å²) in [6, 6.07) is 2.16. The number of alkyl halides is 3. The molecule has 0 heterocycles. The maximum Gasteiger partial charge on any atom is 0.422 e. The van der Waals surface area contributed by atoms with Gasteiger partial charge < -0.3 is 9.84 Å². The highest BCUT2D eigenvalue weighted by atomic mass is 19.4. The molecule has 0 unspecified atom stereocenters. The smallest absolute Gasteiger partial charge is 0.422 e. The Bertz CT molecular complexity index is 1220. The van der Waals surface area contributed by atoms with Crippen molar-refractivity contribution in [3.63, 3.8) is 0 Å². The molecule has 8 heteroatoms. The van der Waals surface area contributed by atoms with Crippen LogP contribution in [0.4, 0.5) is 13.2 Å². The number of ketones is 1. The summed E-state index contributed by atoms with van der Waals surface area (Å²) in [4.78, 5) is 26.8. The normalized spacial score (nSPS) is 46.5. The van der Waals surface area contributed by atoms with Crippen LogP contribution in [-0.4, -0.2) is 35.7 Å². The highest BCUT2D eigenvalue weighted by molar-refractivity contribution is 6.04. The lowest BCUT2D eigenvalue weighted by Crippen LogP contribution is -2.70. The number of rotatable bonds is 2.